The lowest BCUT2D eigenvalue weighted by Crippen LogP contribution is -2.08. The van der Waals surface area contributed by atoms with Gasteiger partial charge in [-0.3, -0.25) is 19.2 Å². The highest BCUT2D eigenvalue weighted by molar-refractivity contribution is 6.05. The Kier molecular flexibility index (Phi) is 7.00. The highest BCUT2D eigenvalue weighted by Gasteiger charge is 2.14. The van der Waals surface area contributed by atoms with Gasteiger partial charge in [0.25, 0.3) is 0 Å². The molecule has 2 rings (SSSR count). The smallest absolute Gasteiger partial charge is 0.220 e. The second-order valence-electron chi connectivity index (χ2n) is 5.89. The molecule has 6 nitrogen and oxygen atoms in total. The van der Waals surface area contributed by atoms with Crippen molar-refractivity contribution in [3.05, 3.63) is 71.3 Å². The Morgan fingerprint density at radius 3 is 1.56 bits per heavy atom. The van der Waals surface area contributed by atoms with Gasteiger partial charge in [0, 0.05) is 12.8 Å². The number of hydrogen-bond donors (Lipinski definition) is 0. The SMILES string of the molecule is COC1=C/C(=C\CC(=O)CC(=O)C/C=C2\C=CC(=O)C(OC)=C2)C=CC1=O. The van der Waals surface area contributed by atoms with E-state index in [2.05, 4.69) is 0 Å². The molecule has 2 aliphatic carbocycles. The quantitative estimate of drug-likeness (QED) is 0.612. The Morgan fingerprint density at radius 2 is 1.19 bits per heavy atom. The number of hydrogen-bond acceptors (Lipinski definition) is 6. The van der Waals surface area contributed by atoms with E-state index in [0.717, 1.165) is 0 Å². The van der Waals surface area contributed by atoms with Crippen molar-refractivity contribution >= 4 is 23.1 Å². The van der Waals surface area contributed by atoms with Crippen LogP contribution in [0.15, 0.2) is 71.3 Å². The Morgan fingerprint density at radius 1 is 0.778 bits per heavy atom. The second kappa shape index (κ2) is 9.43. The largest absolute Gasteiger partial charge is 0.493 e. The summed E-state index contributed by atoms with van der Waals surface area (Å²) in [5.41, 5.74) is 1.37. The van der Waals surface area contributed by atoms with Crippen molar-refractivity contribution in [3.8, 4) is 0 Å². The van der Waals surface area contributed by atoms with Gasteiger partial charge in [-0.05, 0) is 35.5 Å². The molecular weight excluding hydrogens is 348 g/mol. The minimum Gasteiger partial charge on any atom is -0.493 e. The molecule has 0 heterocycles. The van der Waals surface area contributed by atoms with Crippen LogP contribution in [0.3, 0.4) is 0 Å². The molecule has 140 valence electrons. The van der Waals surface area contributed by atoms with Gasteiger partial charge in [-0.25, -0.2) is 0 Å². The lowest BCUT2D eigenvalue weighted by Gasteiger charge is -2.07. The van der Waals surface area contributed by atoms with Crippen molar-refractivity contribution in [2.75, 3.05) is 14.2 Å². The molecule has 0 amide bonds. The second-order valence-corrected chi connectivity index (χ2v) is 5.89. The van der Waals surface area contributed by atoms with Crippen LogP contribution in [0.25, 0.3) is 0 Å². The number of methoxy groups -OCH3 is 2. The maximum atomic E-state index is 12.0. The summed E-state index contributed by atoms with van der Waals surface area (Å²) in [5, 5.41) is 0. The van der Waals surface area contributed by atoms with Crippen molar-refractivity contribution in [3.63, 3.8) is 0 Å². The van der Waals surface area contributed by atoms with Gasteiger partial charge in [0.1, 0.15) is 11.6 Å². The summed E-state index contributed by atoms with van der Waals surface area (Å²) in [6.45, 7) is 0. The molecule has 0 unspecified atom stereocenters. The lowest BCUT2D eigenvalue weighted by molar-refractivity contribution is -0.126. The summed E-state index contributed by atoms with van der Waals surface area (Å²) in [6.07, 6.45) is 12.3. The Bertz CT molecular complexity index is 776. The molecule has 0 fully saturated rings. The van der Waals surface area contributed by atoms with Crippen molar-refractivity contribution in [1.82, 2.24) is 0 Å². The van der Waals surface area contributed by atoms with E-state index in [4.69, 9.17) is 9.47 Å². The van der Waals surface area contributed by atoms with E-state index in [0.29, 0.717) is 11.1 Å². The fourth-order valence-corrected chi connectivity index (χ4v) is 2.45. The van der Waals surface area contributed by atoms with Crippen molar-refractivity contribution < 1.29 is 28.7 Å². The number of allylic oxidation sites excluding steroid dienone is 10. The van der Waals surface area contributed by atoms with Gasteiger partial charge in [0.2, 0.25) is 11.6 Å². The third kappa shape index (κ3) is 5.88. The van der Waals surface area contributed by atoms with Crippen LogP contribution in [-0.4, -0.2) is 37.4 Å². The molecule has 0 aromatic rings. The molecular formula is C21H20O6. The monoisotopic (exact) mass is 368 g/mol. The van der Waals surface area contributed by atoms with Gasteiger partial charge in [0.15, 0.2) is 11.5 Å². The predicted octanol–water partition coefficient (Wildman–Crippen LogP) is 2.49. The molecule has 0 spiro atoms. The van der Waals surface area contributed by atoms with Crippen LogP contribution < -0.4 is 0 Å². The van der Waals surface area contributed by atoms with Gasteiger partial charge >= 0.3 is 0 Å². The zero-order valence-corrected chi connectivity index (χ0v) is 15.2. The number of ketones is 4. The Hall–Kier alpha value is -3.28. The van der Waals surface area contributed by atoms with E-state index in [9.17, 15) is 19.2 Å². The van der Waals surface area contributed by atoms with E-state index in [1.807, 2.05) is 0 Å². The number of carbonyl (C=O) groups is 4. The molecule has 0 bridgehead atoms. The minimum atomic E-state index is -0.228. The number of ether oxygens (including phenoxy) is 2. The molecule has 2 aliphatic rings. The summed E-state index contributed by atoms with van der Waals surface area (Å²) in [5.74, 6) is -0.471. The molecule has 0 saturated heterocycles. The van der Waals surface area contributed by atoms with Crippen LogP contribution in [0, 0.1) is 0 Å². The van der Waals surface area contributed by atoms with Crippen LogP contribution >= 0.6 is 0 Å². The third-order valence-electron chi connectivity index (χ3n) is 3.90. The van der Waals surface area contributed by atoms with E-state index < -0.39 is 0 Å². The number of Topliss-reactive ketones (excluding diaryl/α,β-unsaturated/α-hetero) is 2. The summed E-state index contributed by atoms with van der Waals surface area (Å²) in [4.78, 5) is 46.9. The standard InChI is InChI=1S/C21H20O6/c1-26-20-11-14(5-9-18(20)24)3-7-16(22)13-17(23)8-4-15-6-10-19(25)21(12-15)27-2/h3-6,9-12H,7-8,13H2,1-2H3/b14-3-,15-4+. The average molecular weight is 368 g/mol. The van der Waals surface area contributed by atoms with Crippen molar-refractivity contribution in [2.24, 2.45) is 0 Å². The summed E-state index contributed by atoms with van der Waals surface area (Å²) < 4.78 is 9.90. The highest BCUT2D eigenvalue weighted by Crippen LogP contribution is 2.16. The minimum absolute atomic E-state index is 0.0891. The third-order valence-corrected chi connectivity index (χ3v) is 3.90. The summed E-state index contributed by atoms with van der Waals surface area (Å²) >= 11 is 0. The highest BCUT2D eigenvalue weighted by atomic mass is 16.5. The maximum absolute atomic E-state index is 12.0. The van der Waals surface area contributed by atoms with Crippen LogP contribution in [0.5, 0.6) is 0 Å². The predicted molar refractivity (Wildman–Crippen MR) is 98.5 cm³/mol. The zero-order chi connectivity index (χ0) is 19.8. The molecule has 0 saturated carbocycles. The number of carbonyl (C=O) groups excluding carboxylic acids is 4. The molecule has 0 radical (unpaired) electrons. The molecule has 0 N–H and O–H groups in total. The Labute approximate surface area is 157 Å². The van der Waals surface area contributed by atoms with Crippen molar-refractivity contribution in [2.45, 2.75) is 19.3 Å². The van der Waals surface area contributed by atoms with E-state index >= 15 is 0 Å². The normalized spacial score (nSPS) is 19.2. The zero-order valence-electron chi connectivity index (χ0n) is 15.2. The van der Waals surface area contributed by atoms with Crippen molar-refractivity contribution in [1.29, 1.82) is 0 Å². The van der Waals surface area contributed by atoms with Gasteiger partial charge in [-0.2, -0.15) is 0 Å². The summed E-state index contributed by atoms with van der Waals surface area (Å²) in [7, 11) is 2.81. The van der Waals surface area contributed by atoms with Gasteiger partial charge < -0.3 is 9.47 Å². The first-order chi connectivity index (χ1) is 12.9. The summed E-state index contributed by atoms with van der Waals surface area (Å²) in [6, 6.07) is 0. The first kappa shape index (κ1) is 20.0. The van der Waals surface area contributed by atoms with Crippen LogP contribution in [0.1, 0.15) is 19.3 Å². The molecule has 0 aromatic carbocycles. The van der Waals surface area contributed by atoms with E-state index in [-0.39, 0.29) is 53.9 Å². The first-order valence-corrected chi connectivity index (χ1v) is 8.33. The molecule has 27 heavy (non-hydrogen) atoms. The fourth-order valence-electron chi connectivity index (χ4n) is 2.45. The number of rotatable bonds is 8. The van der Waals surface area contributed by atoms with Gasteiger partial charge in [0.05, 0.1) is 20.6 Å². The average Bonchev–Trinajstić information content (AvgIpc) is 2.66. The van der Waals surface area contributed by atoms with Crippen LogP contribution in [-0.2, 0) is 28.7 Å². The molecule has 0 aromatic heterocycles. The Balaban J connectivity index is 1.87. The molecule has 0 aliphatic heterocycles. The van der Waals surface area contributed by atoms with E-state index in [1.54, 1.807) is 36.5 Å². The van der Waals surface area contributed by atoms with Gasteiger partial charge in [-0.1, -0.05) is 24.3 Å². The first-order valence-electron chi connectivity index (χ1n) is 8.33. The topological polar surface area (TPSA) is 86.7 Å². The molecule has 0 atom stereocenters. The van der Waals surface area contributed by atoms with Crippen LogP contribution in [0.2, 0.25) is 0 Å². The van der Waals surface area contributed by atoms with E-state index in [1.165, 1.54) is 26.4 Å². The maximum Gasteiger partial charge on any atom is 0.220 e. The molecule has 6 heteroatoms. The lowest BCUT2D eigenvalue weighted by atomic mass is 10.0. The van der Waals surface area contributed by atoms with Crippen LogP contribution in [0.4, 0.5) is 0 Å². The fraction of sp³-hybridized carbons (Fsp3) is 0.238. The van der Waals surface area contributed by atoms with Gasteiger partial charge in [-0.15, -0.1) is 0 Å².